The molecule has 0 heterocycles. The molecule has 4 fully saturated rings. The van der Waals surface area contributed by atoms with Crippen LogP contribution in [0.3, 0.4) is 0 Å². The van der Waals surface area contributed by atoms with Crippen LogP contribution in [0.25, 0.3) is 0 Å². The molecule has 0 saturated heterocycles. The molecule has 28 heavy (non-hydrogen) atoms. The molecule has 0 aromatic rings. The van der Waals surface area contributed by atoms with Crippen molar-refractivity contribution in [3.8, 4) is 0 Å². The number of carbonyl (C=O) groups is 3. The summed E-state index contributed by atoms with van der Waals surface area (Å²) >= 11 is 0. The number of carboxylic acid groups (broad SMARTS) is 1. The molecule has 0 aromatic carbocycles. The van der Waals surface area contributed by atoms with Gasteiger partial charge in [-0.3, -0.25) is 14.4 Å². The van der Waals surface area contributed by atoms with E-state index in [0.717, 1.165) is 38.5 Å². The van der Waals surface area contributed by atoms with E-state index in [1.54, 1.807) is 0 Å². The molecule has 7 atom stereocenters. The third-order valence-electron chi connectivity index (χ3n) is 9.17. The number of hydrogen-bond acceptors (Lipinski definition) is 4. The fourth-order valence-corrected chi connectivity index (χ4v) is 7.55. The van der Waals surface area contributed by atoms with Crippen molar-refractivity contribution in [2.45, 2.75) is 90.6 Å². The van der Waals surface area contributed by atoms with Crippen molar-refractivity contribution in [2.75, 3.05) is 0 Å². The van der Waals surface area contributed by atoms with Crippen LogP contribution < -0.4 is 0 Å². The van der Waals surface area contributed by atoms with E-state index in [9.17, 15) is 14.4 Å². The van der Waals surface area contributed by atoms with Crippen molar-refractivity contribution in [3.63, 3.8) is 0 Å². The first-order chi connectivity index (χ1) is 13.2. The minimum atomic E-state index is -0.957. The topological polar surface area (TPSA) is 80.7 Å². The van der Waals surface area contributed by atoms with Gasteiger partial charge in [-0.25, -0.2) is 0 Å². The number of carbonyl (C=O) groups excluding carboxylic acids is 2. The summed E-state index contributed by atoms with van der Waals surface area (Å²) in [5.41, 5.74) is 0.223. The largest absolute Gasteiger partial charge is 0.481 e. The molecule has 0 unspecified atom stereocenters. The number of esters is 1. The molecule has 4 aliphatic carbocycles. The average Bonchev–Trinajstić information content (AvgIpc) is 2.95. The molecule has 4 aliphatic rings. The molecule has 5 heteroatoms. The van der Waals surface area contributed by atoms with Crippen molar-refractivity contribution in [2.24, 2.45) is 34.5 Å². The van der Waals surface area contributed by atoms with Gasteiger partial charge in [0.05, 0.1) is 12.8 Å². The van der Waals surface area contributed by atoms with Gasteiger partial charge in [-0.05, 0) is 80.5 Å². The average molecular weight is 391 g/mol. The van der Waals surface area contributed by atoms with E-state index in [-0.39, 0.29) is 30.3 Å². The summed E-state index contributed by atoms with van der Waals surface area (Å²) in [7, 11) is 0. The number of Topliss-reactive ketones (excluding diaryl/α,β-unsaturated/α-hetero) is 1. The van der Waals surface area contributed by atoms with E-state index in [1.165, 1.54) is 19.3 Å². The van der Waals surface area contributed by atoms with Crippen LogP contribution in [0.4, 0.5) is 0 Å². The first kappa shape index (κ1) is 19.9. The Hall–Kier alpha value is -1.39. The Labute approximate surface area is 167 Å². The van der Waals surface area contributed by atoms with Gasteiger partial charge in [-0.15, -0.1) is 0 Å². The van der Waals surface area contributed by atoms with E-state index in [4.69, 9.17) is 9.84 Å². The van der Waals surface area contributed by atoms with E-state index >= 15 is 0 Å². The van der Waals surface area contributed by atoms with Gasteiger partial charge in [0.2, 0.25) is 0 Å². The van der Waals surface area contributed by atoms with Gasteiger partial charge in [-0.2, -0.15) is 0 Å². The molecule has 0 bridgehead atoms. The maximum atomic E-state index is 12.5. The van der Waals surface area contributed by atoms with Gasteiger partial charge in [-0.1, -0.05) is 13.8 Å². The summed E-state index contributed by atoms with van der Waals surface area (Å²) in [4.78, 5) is 35.1. The third-order valence-corrected chi connectivity index (χ3v) is 9.17. The maximum Gasteiger partial charge on any atom is 0.306 e. The van der Waals surface area contributed by atoms with E-state index in [2.05, 4.69) is 13.8 Å². The highest BCUT2D eigenvalue weighted by atomic mass is 16.5. The lowest BCUT2D eigenvalue weighted by molar-refractivity contribution is -0.163. The van der Waals surface area contributed by atoms with Crippen LogP contribution >= 0.6 is 0 Å². The van der Waals surface area contributed by atoms with Crippen molar-refractivity contribution < 1.29 is 24.2 Å². The van der Waals surface area contributed by atoms with Crippen LogP contribution in [0.2, 0.25) is 0 Å². The molecule has 0 amide bonds. The van der Waals surface area contributed by atoms with Crippen LogP contribution in [0.1, 0.15) is 84.5 Å². The van der Waals surface area contributed by atoms with Gasteiger partial charge in [0, 0.05) is 11.8 Å². The zero-order chi connectivity index (χ0) is 20.1. The first-order valence-electron chi connectivity index (χ1n) is 11.2. The molecule has 0 radical (unpaired) electrons. The molecule has 5 nitrogen and oxygen atoms in total. The van der Waals surface area contributed by atoms with Gasteiger partial charge < -0.3 is 9.84 Å². The predicted molar refractivity (Wildman–Crippen MR) is 103 cm³/mol. The lowest BCUT2D eigenvalue weighted by Gasteiger charge is -2.60. The van der Waals surface area contributed by atoms with E-state index in [1.807, 2.05) is 0 Å². The quantitative estimate of drug-likeness (QED) is 0.721. The Kier molecular flexibility index (Phi) is 5.08. The van der Waals surface area contributed by atoms with Crippen LogP contribution in [0.5, 0.6) is 0 Å². The maximum absolute atomic E-state index is 12.5. The monoisotopic (exact) mass is 390 g/mol. The molecule has 4 saturated carbocycles. The van der Waals surface area contributed by atoms with Crippen LogP contribution in [-0.4, -0.2) is 28.9 Å². The Bertz CT molecular complexity index is 672. The number of rotatable bonds is 4. The summed E-state index contributed by atoms with van der Waals surface area (Å²) in [5, 5.41) is 8.74. The van der Waals surface area contributed by atoms with Gasteiger partial charge in [0.25, 0.3) is 0 Å². The van der Waals surface area contributed by atoms with Crippen molar-refractivity contribution in [1.82, 2.24) is 0 Å². The zero-order valence-corrected chi connectivity index (χ0v) is 17.2. The van der Waals surface area contributed by atoms with Crippen LogP contribution in [0, 0.1) is 34.5 Å². The van der Waals surface area contributed by atoms with Gasteiger partial charge in [0.15, 0.2) is 0 Å². The molecule has 156 valence electrons. The van der Waals surface area contributed by atoms with E-state index in [0.29, 0.717) is 34.9 Å². The van der Waals surface area contributed by atoms with Crippen molar-refractivity contribution in [3.05, 3.63) is 0 Å². The smallest absolute Gasteiger partial charge is 0.306 e. The standard InChI is InChI=1S/C23H34O5/c1-22-11-9-15(28-21(27)8-7-20(25)26)13-14(22)3-4-16-17-5-6-19(24)23(17,2)12-10-18(16)22/h14-18H,3-13H2,1-2H3,(H,25,26)/t14-,15+,16+,17+,18+,22+,23+/m1/s1. The third kappa shape index (κ3) is 3.19. The molecule has 4 rings (SSSR count). The summed E-state index contributed by atoms with van der Waals surface area (Å²) in [6.07, 6.45) is 9.08. The minimum Gasteiger partial charge on any atom is -0.481 e. The fraction of sp³-hybridized carbons (Fsp3) is 0.870. The number of fused-ring (bicyclic) bond motifs is 5. The van der Waals surface area contributed by atoms with E-state index < -0.39 is 5.97 Å². The second kappa shape index (κ2) is 7.14. The van der Waals surface area contributed by atoms with Crippen molar-refractivity contribution in [1.29, 1.82) is 0 Å². The highest BCUT2D eigenvalue weighted by molar-refractivity contribution is 5.87. The molecular weight excluding hydrogens is 356 g/mol. The molecule has 0 aliphatic heterocycles. The van der Waals surface area contributed by atoms with Crippen LogP contribution in [0.15, 0.2) is 0 Å². The normalized spacial score (nSPS) is 44.9. The Morgan fingerprint density at radius 3 is 2.57 bits per heavy atom. The molecule has 0 spiro atoms. The summed E-state index contributed by atoms with van der Waals surface area (Å²) < 4.78 is 5.62. The number of ketones is 1. The number of ether oxygens (including phenoxy) is 1. The Morgan fingerprint density at radius 1 is 1.04 bits per heavy atom. The van der Waals surface area contributed by atoms with Gasteiger partial charge in [0.1, 0.15) is 11.9 Å². The fourth-order valence-electron chi connectivity index (χ4n) is 7.55. The lowest BCUT2D eigenvalue weighted by atomic mass is 9.45. The predicted octanol–water partition coefficient (Wildman–Crippen LogP) is 4.37. The summed E-state index contributed by atoms with van der Waals surface area (Å²) in [6.45, 7) is 4.68. The van der Waals surface area contributed by atoms with Gasteiger partial charge >= 0.3 is 11.9 Å². The lowest BCUT2D eigenvalue weighted by Crippen LogP contribution is -2.54. The zero-order valence-electron chi connectivity index (χ0n) is 17.2. The van der Waals surface area contributed by atoms with Crippen LogP contribution in [-0.2, 0) is 19.1 Å². The number of aliphatic carboxylic acids is 1. The SMILES string of the molecule is C[C@]12CC[C@H](OC(=O)CCC(=O)O)C[C@H]1CC[C@@H]1[C@@H]2CC[C@]2(C)C(=O)CC[C@@H]12. The highest BCUT2D eigenvalue weighted by Gasteiger charge is 2.60. The summed E-state index contributed by atoms with van der Waals surface area (Å²) in [5.74, 6) is 1.69. The second-order valence-corrected chi connectivity index (χ2v) is 10.4. The minimum absolute atomic E-state index is 0.0350. The first-order valence-corrected chi connectivity index (χ1v) is 11.2. The number of hydrogen-bond donors (Lipinski definition) is 1. The highest BCUT2D eigenvalue weighted by Crippen LogP contribution is 2.65. The molecule has 0 aromatic heterocycles. The number of carboxylic acids is 1. The molecular formula is C23H34O5. The second-order valence-electron chi connectivity index (χ2n) is 10.4. The summed E-state index contributed by atoms with van der Waals surface area (Å²) in [6, 6.07) is 0. The Morgan fingerprint density at radius 2 is 1.82 bits per heavy atom. The molecule has 1 N–H and O–H groups in total. The van der Waals surface area contributed by atoms with Crippen molar-refractivity contribution >= 4 is 17.7 Å². The Balaban J connectivity index is 1.41.